The molecule has 0 aliphatic rings. The molecule has 4 heteroatoms. The molecule has 0 spiro atoms. The number of halogens is 2. The molecular formula is C16H16Cl2N2. The van der Waals surface area contributed by atoms with E-state index in [0.717, 1.165) is 22.5 Å². The van der Waals surface area contributed by atoms with Crippen LogP contribution < -0.4 is 5.32 Å². The Morgan fingerprint density at radius 2 is 1.90 bits per heavy atom. The molecule has 0 aliphatic carbocycles. The van der Waals surface area contributed by atoms with E-state index in [4.69, 9.17) is 23.2 Å². The molecular weight excluding hydrogens is 291 g/mol. The first kappa shape index (κ1) is 14.9. The molecule has 2 nitrogen and oxygen atoms in total. The molecule has 2 aromatic carbocycles. The van der Waals surface area contributed by atoms with Crippen LogP contribution in [0.3, 0.4) is 0 Å². The number of benzene rings is 2. The van der Waals surface area contributed by atoms with Gasteiger partial charge in [-0.3, -0.25) is 4.99 Å². The molecule has 104 valence electrons. The van der Waals surface area contributed by atoms with Crippen LogP contribution in [-0.4, -0.2) is 25.2 Å². The number of aliphatic imine (C=N–C) groups is 1. The molecule has 0 saturated heterocycles. The Morgan fingerprint density at radius 3 is 2.55 bits per heavy atom. The number of nitrogens with one attached hydrogen (secondary N) is 1. The molecule has 0 bridgehead atoms. The molecule has 0 atom stereocenters. The van der Waals surface area contributed by atoms with Crippen molar-refractivity contribution >= 4 is 34.6 Å². The van der Waals surface area contributed by atoms with Gasteiger partial charge in [-0.2, -0.15) is 0 Å². The number of alkyl halides is 1. The molecule has 0 saturated carbocycles. The molecule has 2 aromatic rings. The molecule has 20 heavy (non-hydrogen) atoms. The second-order valence-electron chi connectivity index (χ2n) is 4.23. The minimum atomic E-state index is 0.492. The molecule has 0 radical (unpaired) electrons. The van der Waals surface area contributed by atoms with Gasteiger partial charge in [0.05, 0.1) is 12.3 Å². The molecule has 0 heterocycles. The van der Waals surface area contributed by atoms with Crippen LogP contribution in [0.5, 0.6) is 0 Å². The summed E-state index contributed by atoms with van der Waals surface area (Å²) in [6, 6.07) is 15.8. The van der Waals surface area contributed by atoms with Crippen molar-refractivity contribution < 1.29 is 0 Å². The first-order valence-electron chi connectivity index (χ1n) is 6.39. The maximum atomic E-state index is 6.13. The van der Waals surface area contributed by atoms with Gasteiger partial charge in [0.25, 0.3) is 0 Å². The summed E-state index contributed by atoms with van der Waals surface area (Å²) in [5.41, 5.74) is 3.93. The Labute approximate surface area is 129 Å². The second-order valence-corrected chi connectivity index (χ2v) is 5.04. The largest absolute Gasteiger partial charge is 0.388 e. The predicted octanol–water partition coefficient (Wildman–Crippen LogP) is 4.46. The van der Waals surface area contributed by atoms with Crippen molar-refractivity contribution in [2.75, 3.05) is 24.8 Å². The lowest BCUT2D eigenvalue weighted by atomic mass is 10.0. The fourth-order valence-electron chi connectivity index (χ4n) is 2.01. The van der Waals surface area contributed by atoms with E-state index in [1.807, 2.05) is 55.6 Å². The van der Waals surface area contributed by atoms with E-state index in [1.165, 1.54) is 0 Å². The molecule has 0 amide bonds. The van der Waals surface area contributed by atoms with Crippen LogP contribution >= 0.6 is 23.2 Å². The van der Waals surface area contributed by atoms with Gasteiger partial charge in [0.2, 0.25) is 0 Å². The highest BCUT2D eigenvalue weighted by Crippen LogP contribution is 2.24. The van der Waals surface area contributed by atoms with Crippen molar-refractivity contribution in [1.29, 1.82) is 0 Å². The van der Waals surface area contributed by atoms with Gasteiger partial charge in [-0.1, -0.05) is 41.9 Å². The van der Waals surface area contributed by atoms with E-state index in [0.29, 0.717) is 17.4 Å². The summed E-state index contributed by atoms with van der Waals surface area (Å²) in [6.07, 6.45) is 0. The summed E-state index contributed by atoms with van der Waals surface area (Å²) in [5.74, 6) is 0.492. The van der Waals surface area contributed by atoms with E-state index in [1.54, 1.807) is 0 Å². The van der Waals surface area contributed by atoms with Crippen LogP contribution in [-0.2, 0) is 0 Å². The number of rotatable bonds is 5. The van der Waals surface area contributed by atoms with E-state index in [9.17, 15) is 0 Å². The lowest BCUT2D eigenvalue weighted by Gasteiger charge is -2.13. The van der Waals surface area contributed by atoms with Crippen molar-refractivity contribution in [1.82, 2.24) is 0 Å². The number of anilines is 1. The number of hydrogen-bond acceptors (Lipinski definition) is 2. The van der Waals surface area contributed by atoms with Gasteiger partial charge in [-0.05, 0) is 18.2 Å². The lowest BCUT2D eigenvalue weighted by molar-refractivity contribution is 1.14. The summed E-state index contributed by atoms with van der Waals surface area (Å²) < 4.78 is 0. The zero-order valence-corrected chi connectivity index (χ0v) is 12.7. The fourth-order valence-corrected chi connectivity index (χ4v) is 2.27. The van der Waals surface area contributed by atoms with Gasteiger partial charge < -0.3 is 5.32 Å². The summed E-state index contributed by atoms with van der Waals surface area (Å²) >= 11 is 11.9. The Balaban J connectivity index is 2.55. The van der Waals surface area contributed by atoms with Crippen molar-refractivity contribution in [3.8, 4) is 0 Å². The molecule has 2 rings (SSSR count). The van der Waals surface area contributed by atoms with Crippen molar-refractivity contribution in [2.24, 2.45) is 4.99 Å². The highest BCUT2D eigenvalue weighted by molar-refractivity contribution is 6.31. The fraction of sp³-hybridized carbons (Fsp3) is 0.188. The highest BCUT2D eigenvalue weighted by atomic mass is 35.5. The van der Waals surface area contributed by atoms with Crippen LogP contribution in [0, 0.1) is 0 Å². The van der Waals surface area contributed by atoms with E-state index < -0.39 is 0 Å². The third-order valence-electron chi connectivity index (χ3n) is 2.91. The van der Waals surface area contributed by atoms with Gasteiger partial charge in [-0.25, -0.2) is 0 Å². The van der Waals surface area contributed by atoms with Gasteiger partial charge in [0.1, 0.15) is 0 Å². The monoisotopic (exact) mass is 306 g/mol. The third-order valence-corrected chi connectivity index (χ3v) is 3.31. The highest BCUT2D eigenvalue weighted by Gasteiger charge is 2.11. The average Bonchev–Trinajstić information content (AvgIpc) is 2.49. The van der Waals surface area contributed by atoms with E-state index in [-0.39, 0.29) is 0 Å². The maximum Gasteiger partial charge on any atom is 0.0740 e. The molecule has 0 aliphatic heterocycles. The van der Waals surface area contributed by atoms with Gasteiger partial charge in [0.15, 0.2) is 0 Å². The standard InChI is InChI=1S/C16H16Cl2N2/c1-19-15-8-7-13(18)11-14(15)16(20-10-9-17)12-5-3-2-4-6-12/h2-8,11,19H,9-10H2,1H3. The zero-order valence-electron chi connectivity index (χ0n) is 11.2. The van der Waals surface area contributed by atoms with Crippen LogP contribution in [0.1, 0.15) is 11.1 Å². The third kappa shape index (κ3) is 3.53. The van der Waals surface area contributed by atoms with Gasteiger partial charge in [-0.15, -0.1) is 11.6 Å². The summed E-state index contributed by atoms with van der Waals surface area (Å²) in [7, 11) is 1.89. The predicted molar refractivity (Wildman–Crippen MR) is 88.7 cm³/mol. The topological polar surface area (TPSA) is 24.4 Å². The van der Waals surface area contributed by atoms with E-state index in [2.05, 4.69) is 10.3 Å². The van der Waals surface area contributed by atoms with Crippen LogP contribution in [0.2, 0.25) is 5.02 Å². The Hall–Kier alpha value is -1.51. The van der Waals surface area contributed by atoms with Crippen LogP contribution in [0.15, 0.2) is 53.5 Å². The lowest BCUT2D eigenvalue weighted by Crippen LogP contribution is -2.08. The van der Waals surface area contributed by atoms with Crippen molar-refractivity contribution in [3.05, 3.63) is 64.7 Å². The van der Waals surface area contributed by atoms with E-state index >= 15 is 0 Å². The van der Waals surface area contributed by atoms with Crippen molar-refractivity contribution in [2.45, 2.75) is 0 Å². The normalized spacial score (nSPS) is 11.4. The smallest absolute Gasteiger partial charge is 0.0740 e. The minimum absolute atomic E-state index is 0.492. The molecule has 0 aromatic heterocycles. The summed E-state index contributed by atoms with van der Waals surface area (Å²) in [4.78, 5) is 4.62. The molecule has 1 N–H and O–H groups in total. The Bertz CT molecular complexity index is 595. The first-order valence-corrected chi connectivity index (χ1v) is 7.31. The van der Waals surface area contributed by atoms with Crippen LogP contribution in [0.4, 0.5) is 5.69 Å². The Morgan fingerprint density at radius 1 is 1.15 bits per heavy atom. The van der Waals surface area contributed by atoms with Gasteiger partial charge >= 0.3 is 0 Å². The SMILES string of the molecule is CNc1ccc(Cl)cc1C(=NCCCl)c1ccccc1. The van der Waals surface area contributed by atoms with Gasteiger partial charge in [0, 0.05) is 34.8 Å². The zero-order chi connectivity index (χ0) is 14.4. The molecule has 0 fully saturated rings. The first-order chi connectivity index (χ1) is 9.76. The van der Waals surface area contributed by atoms with Crippen LogP contribution in [0.25, 0.3) is 0 Å². The second kappa shape index (κ2) is 7.32. The van der Waals surface area contributed by atoms with Crippen molar-refractivity contribution in [3.63, 3.8) is 0 Å². The number of nitrogens with zero attached hydrogens (tertiary/aromatic N) is 1. The number of hydrogen-bond donors (Lipinski definition) is 1. The molecule has 0 unspecified atom stereocenters. The maximum absolute atomic E-state index is 6.13. The average molecular weight is 307 g/mol. The minimum Gasteiger partial charge on any atom is -0.388 e. The summed E-state index contributed by atoms with van der Waals surface area (Å²) in [5, 5.41) is 3.87. The quantitative estimate of drug-likeness (QED) is 0.640. The summed E-state index contributed by atoms with van der Waals surface area (Å²) in [6.45, 7) is 0.571. The Kier molecular flexibility index (Phi) is 5.45.